The molecule has 0 radical (unpaired) electrons. The number of para-hydroxylation sites is 1. The third-order valence-corrected chi connectivity index (χ3v) is 3.47. The molecule has 0 saturated heterocycles. The molecule has 20 heavy (non-hydrogen) atoms. The second-order valence-electron chi connectivity index (χ2n) is 4.64. The van der Waals surface area contributed by atoms with Gasteiger partial charge in [-0.2, -0.15) is 0 Å². The Labute approximate surface area is 131 Å². The van der Waals surface area contributed by atoms with E-state index < -0.39 is 0 Å². The van der Waals surface area contributed by atoms with Gasteiger partial charge >= 0.3 is 0 Å². The van der Waals surface area contributed by atoms with E-state index in [1.165, 1.54) is 16.9 Å². The number of anilines is 1. The van der Waals surface area contributed by atoms with Crippen molar-refractivity contribution in [1.29, 1.82) is 0 Å². The van der Waals surface area contributed by atoms with Gasteiger partial charge in [-0.3, -0.25) is 0 Å². The predicted octanol–water partition coefficient (Wildman–Crippen LogP) is 3.76. The highest BCUT2D eigenvalue weighted by molar-refractivity contribution is 5.85. The van der Waals surface area contributed by atoms with Crippen LogP contribution in [0.5, 0.6) is 0 Å². The van der Waals surface area contributed by atoms with Gasteiger partial charge in [0, 0.05) is 30.5 Å². The Balaban J connectivity index is 0.000001000. The summed E-state index contributed by atoms with van der Waals surface area (Å²) in [4.78, 5) is 9.67. The highest BCUT2D eigenvalue weighted by Gasteiger charge is 2.16. The molecule has 1 aliphatic heterocycles. The van der Waals surface area contributed by atoms with E-state index in [1.807, 2.05) is 6.20 Å². The quantitative estimate of drug-likeness (QED) is 0.936. The van der Waals surface area contributed by atoms with Crippen molar-refractivity contribution in [3.8, 4) is 0 Å². The van der Waals surface area contributed by atoms with E-state index in [9.17, 15) is 0 Å². The number of halogens is 2. The number of benzene rings is 1. The molecule has 0 saturated carbocycles. The van der Waals surface area contributed by atoms with E-state index in [0.29, 0.717) is 0 Å². The largest absolute Gasteiger partial charge is 0.351 e. The molecule has 2 aromatic rings. The minimum absolute atomic E-state index is 0. The van der Waals surface area contributed by atoms with Crippen LogP contribution in [0.2, 0.25) is 0 Å². The van der Waals surface area contributed by atoms with Crippen molar-refractivity contribution in [3.63, 3.8) is 0 Å². The standard InChI is InChI=1S/C15H17N3.2ClH/c1-12-6-7-13-4-2-3-5-15(13)18(12)9-8-14-10-16-11-17-14;;/h2-6,10-11H,7-9H2,1H3,(H,16,17);2*1H. The van der Waals surface area contributed by atoms with Gasteiger partial charge in [-0.05, 0) is 25.0 Å². The van der Waals surface area contributed by atoms with Gasteiger partial charge in [-0.25, -0.2) is 4.98 Å². The second-order valence-corrected chi connectivity index (χ2v) is 4.64. The van der Waals surface area contributed by atoms with E-state index in [4.69, 9.17) is 0 Å². The average molecular weight is 312 g/mol. The third-order valence-electron chi connectivity index (χ3n) is 3.47. The van der Waals surface area contributed by atoms with Crippen LogP contribution in [0.4, 0.5) is 5.69 Å². The Morgan fingerprint density at radius 1 is 1.25 bits per heavy atom. The molecule has 3 nitrogen and oxygen atoms in total. The highest BCUT2D eigenvalue weighted by Crippen LogP contribution is 2.29. The molecule has 108 valence electrons. The molecule has 1 aromatic heterocycles. The maximum atomic E-state index is 4.28. The molecule has 0 spiro atoms. The summed E-state index contributed by atoms with van der Waals surface area (Å²) in [5.41, 5.74) is 5.20. The third kappa shape index (κ3) is 3.35. The van der Waals surface area contributed by atoms with Crippen LogP contribution in [0, 0.1) is 0 Å². The number of allylic oxidation sites excluding steroid dienone is 2. The lowest BCUT2D eigenvalue weighted by atomic mass is 10.0. The van der Waals surface area contributed by atoms with Gasteiger partial charge in [0.05, 0.1) is 12.0 Å². The number of aromatic nitrogens is 2. The lowest BCUT2D eigenvalue weighted by Crippen LogP contribution is -2.27. The number of hydrogen-bond donors (Lipinski definition) is 1. The predicted molar refractivity (Wildman–Crippen MR) is 88.0 cm³/mol. The maximum absolute atomic E-state index is 4.28. The second kappa shape index (κ2) is 7.36. The number of rotatable bonds is 3. The average Bonchev–Trinajstić information content (AvgIpc) is 2.91. The first-order valence-corrected chi connectivity index (χ1v) is 6.34. The monoisotopic (exact) mass is 311 g/mol. The van der Waals surface area contributed by atoms with E-state index in [-0.39, 0.29) is 24.8 Å². The van der Waals surface area contributed by atoms with Gasteiger partial charge in [0.2, 0.25) is 0 Å². The van der Waals surface area contributed by atoms with Gasteiger partial charge in [-0.1, -0.05) is 24.3 Å². The van der Waals surface area contributed by atoms with Gasteiger partial charge in [0.25, 0.3) is 0 Å². The lowest BCUT2D eigenvalue weighted by Gasteiger charge is -2.30. The van der Waals surface area contributed by atoms with E-state index in [1.54, 1.807) is 6.33 Å². The number of imidazole rings is 1. The molecule has 0 aliphatic carbocycles. The first kappa shape index (κ1) is 16.6. The van der Waals surface area contributed by atoms with Crippen molar-refractivity contribution in [1.82, 2.24) is 9.97 Å². The minimum atomic E-state index is 0. The zero-order chi connectivity index (χ0) is 12.4. The van der Waals surface area contributed by atoms with Crippen LogP contribution in [0.1, 0.15) is 18.2 Å². The molecule has 2 heterocycles. The van der Waals surface area contributed by atoms with Crippen LogP contribution in [0.15, 0.2) is 48.6 Å². The number of nitrogens with zero attached hydrogens (tertiary/aromatic N) is 2. The molecular formula is C15H19Cl2N3. The van der Waals surface area contributed by atoms with Crippen molar-refractivity contribution < 1.29 is 0 Å². The molecule has 5 heteroatoms. The van der Waals surface area contributed by atoms with Crippen molar-refractivity contribution in [2.24, 2.45) is 0 Å². The summed E-state index contributed by atoms with van der Waals surface area (Å²) in [5.74, 6) is 0. The molecule has 0 amide bonds. The number of fused-ring (bicyclic) bond motifs is 1. The molecule has 0 fully saturated rings. The van der Waals surface area contributed by atoms with Crippen LogP contribution in [-0.2, 0) is 12.8 Å². The fraction of sp³-hybridized carbons (Fsp3) is 0.267. The molecule has 0 unspecified atom stereocenters. The molecule has 1 N–H and O–H groups in total. The minimum Gasteiger partial charge on any atom is -0.351 e. The number of H-pyrrole nitrogens is 1. The molecule has 1 aliphatic rings. The zero-order valence-corrected chi connectivity index (χ0v) is 13.0. The number of hydrogen-bond acceptors (Lipinski definition) is 2. The fourth-order valence-electron chi connectivity index (χ4n) is 2.46. The Hall–Kier alpha value is -1.45. The Morgan fingerprint density at radius 2 is 2.05 bits per heavy atom. The summed E-state index contributed by atoms with van der Waals surface area (Å²) in [6.07, 6.45) is 8.01. The number of aromatic amines is 1. The highest BCUT2D eigenvalue weighted by atomic mass is 35.5. The molecule has 0 atom stereocenters. The Morgan fingerprint density at radius 3 is 2.80 bits per heavy atom. The van der Waals surface area contributed by atoms with Gasteiger partial charge in [0.15, 0.2) is 0 Å². The SMILES string of the molecule is CC1=CCc2ccccc2N1CCc1c[nH]cn1.Cl.Cl. The summed E-state index contributed by atoms with van der Waals surface area (Å²) >= 11 is 0. The van der Waals surface area contributed by atoms with Crippen LogP contribution >= 0.6 is 24.8 Å². The van der Waals surface area contributed by atoms with Gasteiger partial charge in [0.1, 0.15) is 0 Å². The van der Waals surface area contributed by atoms with Crippen molar-refractivity contribution in [3.05, 3.63) is 59.8 Å². The smallest absolute Gasteiger partial charge is 0.0923 e. The van der Waals surface area contributed by atoms with Crippen molar-refractivity contribution >= 4 is 30.5 Å². The van der Waals surface area contributed by atoms with E-state index in [0.717, 1.165) is 25.1 Å². The molecule has 1 aromatic carbocycles. The van der Waals surface area contributed by atoms with Crippen molar-refractivity contribution in [2.75, 3.05) is 11.4 Å². The van der Waals surface area contributed by atoms with E-state index in [2.05, 4.69) is 52.1 Å². The van der Waals surface area contributed by atoms with Crippen molar-refractivity contribution in [2.45, 2.75) is 19.8 Å². The normalized spacial score (nSPS) is 12.8. The summed E-state index contributed by atoms with van der Waals surface area (Å²) in [5, 5.41) is 0. The maximum Gasteiger partial charge on any atom is 0.0923 e. The fourth-order valence-corrected chi connectivity index (χ4v) is 2.46. The topological polar surface area (TPSA) is 31.9 Å². The van der Waals surface area contributed by atoms with Gasteiger partial charge < -0.3 is 9.88 Å². The Bertz CT molecular complexity index is 564. The zero-order valence-electron chi connectivity index (χ0n) is 11.4. The lowest BCUT2D eigenvalue weighted by molar-refractivity contribution is 0.833. The first-order chi connectivity index (χ1) is 8.84. The van der Waals surface area contributed by atoms with Crippen LogP contribution < -0.4 is 4.90 Å². The van der Waals surface area contributed by atoms with Crippen LogP contribution in [0.25, 0.3) is 0 Å². The van der Waals surface area contributed by atoms with E-state index >= 15 is 0 Å². The Kier molecular flexibility index (Phi) is 6.11. The molecule has 3 rings (SSSR count). The van der Waals surface area contributed by atoms with Gasteiger partial charge in [-0.15, -0.1) is 24.8 Å². The summed E-state index contributed by atoms with van der Waals surface area (Å²) in [7, 11) is 0. The summed E-state index contributed by atoms with van der Waals surface area (Å²) < 4.78 is 0. The summed E-state index contributed by atoms with van der Waals surface area (Å²) in [6.45, 7) is 3.16. The number of nitrogens with one attached hydrogen (secondary N) is 1. The van der Waals surface area contributed by atoms with Crippen LogP contribution in [0.3, 0.4) is 0 Å². The molecule has 0 bridgehead atoms. The van der Waals surface area contributed by atoms with Crippen LogP contribution in [-0.4, -0.2) is 16.5 Å². The summed E-state index contributed by atoms with van der Waals surface area (Å²) in [6, 6.07) is 8.63. The molecular weight excluding hydrogens is 293 g/mol. The first-order valence-electron chi connectivity index (χ1n) is 6.34.